The Morgan fingerprint density at radius 3 is 2.59 bits per heavy atom. The van der Waals surface area contributed by atoms with Crippen molar-refractivity contribution in [3.05, 3.63) is 52.2 Å². The summed E-state index contributed by atoms with van der Waals surface area (Å²) in [6.45, 7) is 4.21. The first kappa shape index (κ1) is 29.1. The molecule has 3 fully saturated rings. The van der Waals surface area contributed by atoms with E-state index >= 15 is 0 Å². The van der Waals surface area contributed by atoms with Crippen molar-refractivity contribution in [3.8, 4) is 16.9 Å². The highest BCUT2D eigenvalue weighted by atomic mass is 35.5. The number of nitrogens with two attached hydrogens (primary N) is 1. The van der Waals surface area contributed by atoms with E-state index in [2.05, 4.69) is 30.7 Å². The average Bonchev–Trinajstić information content (AvgIpc) is 3.54. The molecule has 11 nitrogen and oxygen atoms in total. The lowest BCUT2D eigenvalue weighted by atomic mass is 9.96. The molecule has 5 N–H and O–H groups in total. The minimum atomic E-state index is -0.181. The van der Waals surface area contributed by atoms with Crippen LogP contribution >= 0.6 is 11.6 Å². The van der Waals surface area contributed by atoms with E-state index in [1.807, 2.05) is 29.9 Å². The third-order valence-corrected chi connectivity index (χ3v) is 7.96. The van der Waals surface area contributed by atoms with Crippen LogP contribution in [-0.4, -0.2) is 64.0 Å². The van der Waals surface area contributed by atoms with Gasteiger partial charge in [-0.05, 0) is 50.3 Å². The highest BCUT2D eigenvalue weighted by Gasteiger charge is 2.27. The van der Waals surface area contributed by atoms with Crippen molar-refractivity contribution >= 4 is 29.6 Å². The number of H-pyrrole nitrogens is 1. The molecule has 2 unspecified atom stereocenters. The van der Waals surface area contributed by atoms with Gasteiger partial charge in [0, 0.05) is 36.1 Å². The molecule has 0 amide bonds. The smallest absolute Gasteiger partial charge is 0.287 e. The van der Waals surface area contributed by atoms with E-state index in [4.69, 9.17) is 26.8 Å². The van der Waals surface area contributed by atoms with Crippen LogP contribution in [0.3, 0.4) is 0 Å². The summed E-state index contributed by atoms with van der Waals surface area (Å²) >= 11 is 6.29. The molecule has 1 saturated carbocycles. The molecule has 2 aliphatic heterocycles. The quantitative estimate of drug-likeness (QED) is 0.225. The Morgan fingerprint density at radius 1 is 1.17 bits per heavy atom. The van der Waals surface area contributed by atoms with Crippen LogP contribution in [0.4, 0.5) is 11.6 Å². The fourth-order valence-corrected chi connectivity index (χ4v) is 5.63. The van der Waals surface area contributed by atoms with Gasteiger partial charge in [0.1, 0.15) is 17.5 Å². The van der Waals surface area contributed by atoms with Gasteiger partial charge in [-0.3, -0.25) is 19.6 Å². The standard InChI is InChI=1S/C23H28ClN7O2.C6H11NO/c1-15(10-26-14-25)33-21-9-16(7-8-19(21)24)17-11-27-23(28-12-17)29-20-13-31(30-22(20)32)18-5-3-2-4-6-18;1-2-6-4-8-3-5(1)7-6/h7-9,11-15,18H,2-6,10H2,1H3,(H2,25,26)(H,30,32)(H,27,28,29);5-7H,1-4H2/t15-;/m0./s1. The van der Waals surface area contributed by atoms with Gasteiger partial charge in [-0.1, -0.05) is 36.9 Å². The number of aromatic amines is 1. The number of hydrogen-bond donors (Lipinski definition) is 4. The first-order chi connectivity index (χ1) is 20.0. The number of rotatable bonds is 8. The molecule has 0 spiro atoms. The monoisotopic (exact) mass is 582 g/mol. The molecule has 6 rings (SSSR count). The maximum Gasteiger partial charge on any atom is 0.287 e. The number of nitrogens with zero attached hydrogens (tertiary/aromatic N) is 4. The number of aromatic nitrogens is 4. The normalized spacial score (nSPS) is 21.3. The highest BCUT2D eigenvalue weighted by molar-refractivity contribution is 6.32. The minimum absolute atomic E-state index is 0.180. The molecule has 3 atom stereocenters. The molecular formula is C29H39ClN8O3. The van der Waals surface area contributed by atoms with Crippen LogP contribution in [0.15, 0.2) is 46.6 Å². The molecule has 3 aromatic rings. The average molecular weight is 583 g/mol. The zero-order valence-electron chi connectivity index (χ0n) is 23.4. The Kier molecular flexibility index (Phi) is 9.92. The van der Waals surface area contributed by atoms with Crippen LogP contribution < -0.4 is 26.7 Å². The van der Waals surface area contributed by atoms with E-state index in [1.54, 1.807) is 18.5 Å². The van der Waals surface area contributed by atoms with Crippen LogP contribution in [0.25, 0.3) is 11.1 Å². The van der Waals surface area contributed by atoms with Gasteiger partial charge in [0.2, 0.25) is 5.95 Å². The highest BCUT2D eigenvalue weighted by Crippen LogP contribution is 2.31. The summed E-state index contributed by atoms with van der Waals surface area (Å²) in [5, 5.41) is 9.90. The summed E-state index contributed by atoms with van der Waals surface area (Å²) in [5.41, 5.74) is 7.20. The molecule has 1 aromatic carbocycles. The molecule has 12 heteroatoms. The lowest BCUT2D eigenvalue weighted by molar-refractivity contribution is 0.0728. The first-order valence-corrected chi connectivity index (χ1v) is 14.8. The van der Waals surface area contributed by atoms with Gasteiger partial charge >= 0.3 is 0 Å². The number of halogens is 1. The van der Waals surface area contributed by atoms with E-state index in [0.717, 1.165) is 37.2 Å². The zero-order valence-corrected chi connectivity index (χ0v) is 24.1. The van der Waals surface area contributed by atoms with Crippen molar-refractivity contribution in [2.75, 3.05) is 25.1 Å². The molecule has 220 valence electrons. The van der Waals surface area contributed by atoms with Crippen LogP contribution in [0.5, 0.6) is 5.75 Å². The van der Waals surface area contributed by atoms with Crippen LogP contribution in [0, 0.1) is 0 Å². The molecule has 2 bridgehead atoms. The van der Waals surface area contributed by atoms with Crippen molar-refractivity contribution in [1.82, 2.24) is 25.1 Å². The molecule has 1 aliphatic carbocycles. The molecule has 2 saturated heterocycles. The summed E-state index contributed by atoms with van der Waals surface area (Å²) in [6.07, 6.45) is 14.7. The second-order valence-corrected chi connectivity index (χ2v) is 11.3. The van der Waals surface area contributed by atoms with Crippen LogP contribution in [0.1, 0.15) is 57.9 Å². The number of benzene rings is 1. The number of morpholine rings is 1. The van der Waals surface area contributed by atoms with Crippen molar-refractivity contribution in [1.29, 1.82) is 0 Å². The second kappa shape index (κ2) is 14.0. The minimum Gasteiger partial charge on any atom is -0.487 e. The van der Waals surface area contributed by atoms with E-state index in [-0.39, 0.29) is 11.7 Å². The Labute approximate surface area is 244 Å². The Balaban J connectivity index is 0.000000358. The van der Waals surface area contributed by atoms with E-state index in [9.17, 15) is 4.79 Å². The van der Waals surface area contributed by atoms with Gasteiger partial charge in [0.05, 0.1) is 37.3 Å². The maximum atomic E-state index is 12.4. The SMILES string of the molecule is C1CC2COCC1N2.C[C@@H](CN=CN)Oc1cc(-c2cnc(Nc3cn(C4CCCCC4)[nH]c3=O)nc2)ccc1Cl. The molecule has 41 heavy (non-hydrogen) atoms. The second-order valence-electron chi connectivity index (χ2n) is 10.9. The first-order valence-electron chi connectivity index (χ1n) is 14.4. The van der Waals surface area contributed by atoms with Crippen LogP contribution in [0.2, 0.25) is 5.02 Å². The van der Waals surface area contributed by atoms with Crippen molar-refractivity contribution in [2.45, 2.75) is 76.1 Å². The topological polar surface area (TPSA) is 144 Å². The summed E-state index contributed by atoms with van der Waals surface area (Å²) < 4.78 is 13.1. The Bertz CT molecular complexity index is 1340. The molecule has 2 aromatic heterocycles. The number of ether oxygens (including phenoxy) is 2. The lowest BCUT2D eigenvalue weighted by Crippen LogP contribution is -2.41. The van der Waals surface area contributed by atoms with Gasteiger partial charge in [-0.25, -0.2) is 9.97 Å². The number of anilines is 2. The zero-order chi connectivity index (χ0) is 28.6. The Hall–Kier alpha value is -3.41. The van der Waals surface area contributed by atoms with E-state index in [1.165, 1.54) is 38.4 Å². The number of fused-ring (bicyclic) bond motifs is 2. The molecule has 0 radical (unpaired) electrons. The van der Waals surface area contributed by atoms with Gasteiger partial charge in [-0.2, -0.15) is 0 Å². The van der Waals surface area contributed by atoms with Gasteiger partial charge < -0.3 is 25.8 Å². The van der Waals surface area contributed by atoms with E-state index in [0.29, 0.717) is 47.1 Å². The maximum absolute atomic E-state index is 12.4. The third kappa shape index (κ3) is 7.87. The Morgan fingerprint density at radius 2 is 1.90 bits per heavy atom. The number of nitrogens with one attached hydrogen (secondary N) is 3. The predicted octanol–water partition coefficient (Wildman–Crippen LogP) is 4.43. The van der Waals surface area contributed by atoms with E-state index < -0.39 is 0 Å². The molecule has 3 aliphatic rings. The third-order valence-electron chi connectivity index (χ3n) is 7.64. The summed E-state index contributed by atoms with van der Waals surface area (Å²) in [5.74, 6) is 0.899. The molecular weight excluding hydrogens is 544 g/mol. The lowest BCUT2D eigenvalue weighted by Gasteiger charge is -2.22. The fraction of sp³-hybridized carbons (Fsp3) is 0.517. The summed E-state index contributed by atoms with van der Waals surface area (Å²) in [7, 11) is 0. The predicted molar refractivity (Wildman–Crippen MR) is 161 cm³/mol. The molecule has 4 heterocycles. The number of aliphatic imine (C=N–C) groups is 1. The van der Waals surface area contributed by atoms with Gasteiger partial charge in [0.25, 0.3) is 5.56 Å². The van der Waals surface area contributed by atoms with Crippen molar-refractivity contribution in [2.24, 2.45) is 10.7 Å². The van der Waals surface area contributed by atoms with Gasteiger partial charge in [-0.15, -0.1) is 0 Å². The number of hydrogen-bond acceptors (Lipinski definition) is 8. The van der Waals surface area contributed by atoms with Crippen LogP contribution in [-0.2, 0) is 4.74 Å². The largest absolute Gasteiger partial charge is 0.487 e. The van der Waals surface area contributed by atoms with Crippen molar-refractivity contribution in [3.63, 3.8) is 0 Å². The summed E-state index contributed by atoms with van der Waals surface area (Å²) in [4.78, 5) is 25.1. The fourth-order valence-electron chi connectivity index (χ4n) is 5.47. The summed E-state index contributed by atoms with van der Waals surface area (Å²) in [6, 6.07) is 7.20. The van der Waals surface area contributed by atoms with Crippen molar-refractivity contribution < 1.29 is 9.47 Å². The van der Waals surface area contributed by atoms with Gasteiger partial charge in [0.15, 0.2) is 0 Å².